The maximum Gasteiger partial charge on any atom is 0.141 e. The van der Waals surface area contributed by atoms with Crippen LogP contribution >= 0.6 is 0 Å². The van der Waals surface area contributed by atoms with E-state index in [0.29, 0.717) is 0 Å². The SMILES string of the molecule is c1ccc(-c2cccc3c(-c4ccccc4)occ23)cc1. The minimum atomic E-state index is 0.934. The summed E-state index contributed by atoms with van der Waals surface area (Å²) in [5.74, 6) is 0.934. The zero-order chi connectivity index (χ0) is 14.1. The van der Waals surface area contributed by atoms with E-state index in [1.165, 1.54) is 11.1 Å². The first-order valence-electron chi connectivity index (χ1n) is 7.04. The van der Waals surface area contributed by atoms with E-state index in [-0.39, 0.29) is 0 Å². The number of benzene rings is 3. The zero-order valence-electron chi connectivity index (χ0n) is 11.5. The normalized spacial score (nSPS) is 10.9. The van der Waals surface area contributed by atoms with E-state index in [4.69, 9.17) is 4.42 Å². The summed E-state index contributed by atoms with van der Waals surface area (Å²) in [4.78, 5) is 0. The number of rotatable bonds is 2. The van der Waals surface area contributed by atoms with E-state index in [1.807, 2.05) is 30.5 Å². The second kappa shape index (κ2) is 4.95. The van der Waals surface area contributed by atoms with Crippen LogP contribution in [0.1, 0.15) is 0 Å². The van der Waals surface area contributed by atoms with E-state index in [2.05, 4.69) is 54.6 Å². The third-order valence-electron chi connectivity index (χ3n) is 3.77. The molecule has 1 heteroatoms. The van der Waals surface area contributed by atoms with E-state index >= 15 is 0 Å². The van der Waals surface area contributed by atoms with Gasteiger partial charge in [-0.15, -0.1) is 0 Å². The molecule has 0 aliphatic carbocycles. The summed E-state index contributed by atoms with van der Waals surface area (Å²) in [6, 6.07) is 27.0. The van der Waals surface area contributed by atoms with Crippen molar-refractivity contribution in [2.45, 2.75) is 0 Å². The third-order valence-corrected chi connectivity index (χ3v) is 3.77. The molecule has 0 unspecified atom stereocenters. The Balaban J connectivity index is 1.96. The van der Waals surface area contributed by atoms with Crippen LogP contribution in [0.2, 0.25) is 0 Å². The molecule has 0 saturated carbocycles. The highest BCUT2D eigenvalue weighted by Gasteiger charge is 2.11. The Hall–Kier alpha value is -2.80. The molecule has 1 aromatic heterocycles. The van der Waals surface area contributed by atoms with Crippen molar-refractivity contribution in [3.63, 3.8) is 0 Å². The fourth-order valence-corrected chi connectivity index (χ4v) is 2.75. The van der Waals surface area contributed by atoms with Crippen molar-refractivity contribution in [1.29, 1.82) is 0 Å². The molecule has 1 heterocycles. The first-order valence-corrected chi connectivity index (χ1v) is 7.04. The predicted octanol–water partition coefficient (Wildman–Crippen LogP) is 5.77. The van der Waals surface area contributed by atoms with Gasteiger partial charge < -0.3 is 4.42 Å². The lowest BCUT2D eigenvalue weighted by molar-refractivity contribution is 0.587. The molecule has 0 amide bonds. The Morgan fingerprint density at radius 3 is 1.90 bits per heavy atom. The van der Waals surface area contributed by atoms with E-state index in [0.717, 1.165) is 22.1 Å². The van der Waals surface area contributed by atoms with Crippen molar-refractivity contribution in [2.24, 2.45) is 0 Å². The Morgan fingerprint density at radius 2 is 1.19 bits per heavy atom. The largest absolute Gasteiger partial charge is 0.463 e. The molecular weight excluding hydrogens is 256 g/mol. The van der Waals surface area contributed by atoms with Crippen molar-refractivity contribution >= 4 is 10.8 Å². The van der Waals surface area contributed by atoms with Gasteiger partial charge in [0.1, 0.15) is 5.76 Å². The molecule has 0 fully saturated rings. The fourth-order valence-electron chi connectivity index (χ4n) is 2.75. The average molecular weight is 270 g/mol. The van der Waals surface area contributed by atoms with Crippen molar-refractivity contribution < 1.29 is 4.42 Å². The molecular formula is C20H14O. The quantitative estimate of drug-likeness (QED) is 0.451. The van der Waals surface area contributed by atoms with Gasteiger partial charge in [-0.3, -0.25) is 0 Å². The highest BCUT2D eigenvalue weighted by Crippen LogP contribution is 2.36. The van der Waals surface area contributed by atoms with Crippen LogP contribution in [-0.2, 0) is 0 Å². The van der Waals surface area contributed by atoms with Crippen molar-refractivity contribution in [3.8, 4) is 22.5 Å². The van der Waals surface area contributed by atoms with Gasteiger partial charge in [-0.05, 0) is 11.1 Å². The second-order valence-corrected chi connectivity index (χ2v) is 5.06. The second-order valence-electron chi connectivity index (χ2n) is 5.06. The minimum absolute atomic E-state index is 0.934. The molecule has 4 rings (SSSR count). The molecule has 21 heavy (non-hydrogen) atoms. The standard InChI is InChI=1S/C20H14O/c1-3-8-15(9-4-1)17-12-7-13-18-19(17)14-21-20(18)16-10-5-2-6-11-16/h1-14H. The van der Waals surface area contributed by atoms with Crippen LogP contribution in [0.4, 0.5) is 0 Å². The van der Waals surface area contributed by atoms with Crippen LogP contribution in [0.3, 0.4) is 0 Å². The summed E-state index contributed by atoms with van der Waals surface area (Å²) in [6.07, 6.45) is 1.86. The Labute approximate surface area is 123 Å². The summed E-state index contributed by atoms with van der Waals surface area (Å²) >= 11 is 0. The molecule has 3 aromatic carbocycles. The van der Waals surface area contributed by atoms with Crippen LogP contribution in [0.15, 0.2) is 89.5 Å². The maximum absolute atomic E-state index is 5.86. The van der Waals surface area contributed by atoms with Gasteiger partial charge in [0.15, 0.2) is 0 Å². The molecule has 0 aliphatic heterocycles. The smallest absolute Gasteiger partial charge is 0.141 e. The molecule has 1 nitrogen and oxygen atoms in total. The molecule has 0 N–H and O–H groups in total. The molecule has 0 atom stereocenters. The van der Waals surface area contributed by atoms with Gasteiger partial charge >= 0.3 is 0 Å². The molecule has 100 valence electrons. The molecule has 4 aromatic rings. The maximum atomic E-state index is 5.86. The minimum Gasteiger partial charge on any atom is -0.463 e. The third kappa shape index (κ3) is 2.03. The van der Waals surface area contributed by atoms with Crippen LogP contribution in [-0.4, -0.2) is 0 Å². The Bertz CT molecular complexity index is 874. The lowest BCUT2D eigenvalue weighted by Crippen LogP contribution is -1.79. The summed E-state index contributed by atoms with van der Waals surface area (Å²) < 4.78 is 5.86. The van der Waals surface area contributed by atoms with Crippen LogP contribution in [0, 0.1) is 0 Å². The number of hydrogen-bond acceptors (Lipinski definition) is 1. The highest BCUT2D eigenvalue weighted by molar-refractivity contribution is 6.02. The summed E-state index contributed by atoms with van der Waals surface area (Å²) in [5.41, 5.74) is 3.53. The lowest BCUT2D eigenvalue weighted by Gasteiger charge is -2.03. The van der Waals surface area contributed by atoms with Crippen molar-refractivity contribution in [3.05, 3.63) is 85.1 Å². The molecule has 0 saturated heterocycles. The summed E-state index contributed by atoms with van der Waals surface area (Å²) in [7, 11) is 0. The predicted molar refractivity (Wildman–Crippen MR) is 87.1 cm³/mol. The van der Waals surface area contributed by atoms with Gasteiger partial charge in [-0.25, -0.2) is 0 Å². The van der Waals surface area contributed by atoms with Gasteiger partial charge in [-0.2, -0.15) is 0 Å². The van der Waals surface area contributed by atoms with Crippen molar-refractivity contribution in [2.75, 3.05) is 0 Å². The average Bonchev–Trinajstić information content (AvgIpc) is 3.00. The van der Waals surface area contributed by atoms with Gasteiger partial charge in [0.2, 0.25) is 0 Å². The first kappa shape index (κ1) is 12.0. The van der Waals surface area contributed by atoms with Gasteiger partial charge in [0.25, 0.3) is 0 Å². The fraction of sp³-hybridized carbons (Fsp3) is 0. The Morgan fingerprint density at radius 1 is 0.524 bits per heavy atom. The summed E-state index contributed by atoms with van der Waals surface area (Å²) in [5, 5.41) is 2.31. The topological polar surface area (TPSA) is 13.1 Å². The van der Waals surface area contributed by atoms with Gasteiger partial charge in [0.05, 0.1) is 6.26 Å². The molecule has 0 spiro atoms. The van der Waals surface area contributed by atoms with Crippen LogP contribution < -0.4 is 0 Å². The van der Waals surface area contributed by atoms with E-state index in [1.54, 1.807) is 0 Å². The number of furan rings is 1. The molecule has 0 aliphatic rings. The summed E-state index contributed by atoms with van der Waals surface area (Å²) in [6.45, 7) is 0. The number of fused-ring (bicyclic) bond motifs is 1. The zero-order valence-corrected chi connectivity index (χ0v) is 11.5. The lowest BCUT2D eigenvalue weighted by atomic mass is 9.99. The molecule has 0 bridgehead atoms. The van der Waals surface area contributed by atoms with Crippen LogP contribution in [0.25, 0.3) is 33.2 Å². The van der Waals surface area contributed by atoms with Gasteiger partial charge in [-0.1, -0.05) is 78.9 Å². The van der Waals surface area contributed by atoms with Gasteiger partial charge in [0, 0.05) is 16.3 Å². The molecule has 0 radical (unpaired) electrons. The highest BCUT2D eigenvalue weighted by atomic mass is 16.3. The van der Waals surface area contributed by atoms with Crippen LogP contribution in [0.5, 0.6) is 0 Å². The monoisotopic (exact) mass is 270 g/mol. The Kier molecular flexibility index (Phi) is 2.82. The van der Waals surface area contributed by atoms with Crippen molar-refractivity contribution in [1.82, 2.24) is 0 Å². The number of hydrogen-bond donors (Lipinski definition) is 0. The van der Waals surface area contributed by atoms with E-state index in [9.17, 15) is 0 Å². The first-order chi connectivity index (χ1) is 10.4. The van der Waals surface area contributed by atoms with E-state index < -0.39 is 0 Å².